The van der Waals surface area contributed by atoms with E-state index in [4.69, 9.17) is 9.47 Å². The van der Waals surface area contributed by atoms with Crippen molar-refractivity contribution in [2.24, 2.45) is 29.6 Å². The van der Waals surface area contributed by atoms with Crippen molar-refractivity contribution in [3.63, 3.8) is 0 Å². The fourth-order valence-electron chi connectivity index (χ4n) is 10.4. The van der Waals surface area contributed by atoms with E-state index >= 15 is 0 Å². The first-order valence-electron chi connectivity index (χ1n) is 21.7. The van der Waals surface area contributed by atoms with Crippen molar-refractivity contribution in [3.8, 4) is 0 Å². The minimum absolute atomic E-state index is 0.0686. The number of methoxy groups -OCH3 is 1. The van der Waals surface area contributed by atoms with Crippen molar-refractivity contribution in [1.82, 2.24) is 21.3 Å². The van der Waals surface area contributed by atoms with Crippen LogP contribution in [0.1, 0.15) is 133 Å². The number of carbonyl (C=O) groups is 5. The van der Waals surface area contributed by atoms with E-state index in [0.717, 1.165) is 62.2 Å². The Hall–Kier alpha value is -3.03. The lowest BCUT2D eigenvalue weighted by Crippen LogP contribution is -2.59. The highest BCUT2D eigenvalue weighted by Gasteiger charge is 2.37. The number of carbonyl (C=O) groups excluding carboxylic acids is 4. The van der Waals surface area contributed by atoms with Gasteiger partial charge in [-0.2, -0.15) is 0 Å². The van der Waals surface area contributed by atoms with Crippen molar-refractivity contribution in [2.45, 2.75) is 171 Å². The fourth-order valence-corrected chi connectivity index (χ4v) is 11.2. The summed E-state index contributed by atoms with van der Waals surface area (Å²) < 4.78 is 11.6. The van der Waals surface area contributed by atoms with E-state index in [9.17, 15) is 29.1 Å². The van der Waals surface area contributed by atoms with Gasteiger partial charge in [0.25, 0.3) is 0 Å². The first-order valence-corrected chi connectivity index (χ1v) is 22.6. The van der Waals surface area contributed by atoms with Gasteiger partial charge in [0.05, 0.1) is 12.2 Å². The van der Waals surface area contributed by atoms with Crippen LogP contribution in [0.3, 0.4) is 0 Å². The summed E-state index contributed by atoms with van der Waals surface area (Å²) in [6.45, 7) is -0.195. The van der Waals surface area contributed by atoms with Crippen LogP contribution in [0.4, 0.5) is 0 Å². The fraction of sp³-hybridized carbons (Fsp3) is 0.791. The SMILES string of the molecule is COC1CCC(CC2NC(=O)C(CC3CCC(C4CCCCC4)CC3)NC(=O)C(Cc3cccs3)NC(=O)COC3CCC(CC3)CC(C(=O)O)NC2=O)CC1. The number of carboxylic acids is 1. The number of rotatable bonds is 9. The van der Waals surface area contributed by atoms with Crippen LogP contribution >= 0.6 is 11.3 Å². The van der Waals surface area contributed by atoms with Crippen molar-refractivity contribution in [3.05, 3.63) is 22.4 Å². The Kier molecular flexibility index (Phi) is 16.0. The van der Waals surface area contributed by atoms with Crippen LogP contribution in [0.2, 0.25) is 0 Å². The summed E-state index contributed by atoms with van der Waals surface area (Å²) in [5, 5.41) is 24.0. The van der Waals surface area contributed by atoms with E-state index in [-0.39, 0.29) is 49.4 Å². The van der Waals surface area contributed by atoms with E-state index in [1.165, 1.54) is 43.4 Å². The van der Waals surface area contributed by atoms with E-state index in [1.807, 2.05) is 17.5 Å². The van der Waals surface area contributed by atoms with Crippen LogP contribution < -0.4 is 21.3 Å². The van der Waals surface area contributed by atoms with Crippen LogP contribution in [0.5, 0.6) is 0 Å². The van der Waals surface area contributed by atoms with E-state index in [0.29, 0.717) is 44.4 Å². The zero-order valence-electron chi connectivity index (χ0n) is 33.4. The lowest BCUT2D eigenvalue weighted by molar-refractivity contribution is -0.143. The van der Waals surface area contributed by atoms with Gasteiger partial charge in [-0.05, 0) is 125 Å². The second kappa shape index (κ2) is 21.1. The maximum Gasteiger partial charge on any atom is 0.326 e. The normalized spacial score (nSPS) is 34.9. The third kappa shape index (κ3) is 12.5. The van der Waals surface area contributed by atoms with Gasteiger partial charge in [0, 0.05) is 18.4 Å². The number of amides is 4. The molecule has 6 fully saturated rings. The quantitative estimate of drug-likeness (QED) is 0.199. The molecule has 5 N–H and O–H groups in total. The lowest BCUT2D eigenvalue weighted by atomic mass is 9.70. The van der Waals surface area contributed by atoms with Crippen LogP contribution in [0.25, 0.3) is 0 Å². The van der Waals surface area contributed by atoms with Gasteiger partial charge in [-0.1, -0.05) is 51.0 Å². The maximum atomic E-state index is 14.5. The largest absolute Gasteiger partial charge is 0.480 e. The molecule has 1 aromatic heterocycles. The monoisotopic (exact) mass is 798 g/mol. The zero-order valence-corrected chi connectivity index (χ0v) is 34.2. The Morgan fingerprint density at radius 3 is 1.91 bits per heavy atom. The molecule has 312 valence electrons. The molecule has 3 heterocycles. The Balaban J connectivity index is 1.24. The molecule has 2 saturated heterocycles. The second-order valence-electron chi connectivity index (χ2n) is 17.6. The minimum atomic E-state index is -1.10. The van der Waals surface area contributed by atoms with E-state index in [2.05, 4.69) is 21.3 Å². The van der Waals surface area contributed by atoms with Gasteiger partial charge in [-0.3, -0.25) is 19.2 Å². The molecule has 7 rings (SSSR count). The summed E-state index contributed by atoms with van der Waals surface area (Å²) in [4.78, 5) is 69.7. The molecular formula is C43H66N4O8S. The van der Waals surface area contributed by atoms with Crippen molar-refractivity contribution in [1.29, 1.82) is 0 Å². The molecule has 0 aromatic carbocycles. The Labute approximate surface area is 336 Å². The number of thiophene rings is 1. The third-order valence-corrected chi connectivity index (χ3v) is 14.7. The summed E-state index contributed by atoms with van der Waals surface area (Å²) >= 11 is 1.50. The van der Waals surface area contributed by atoms with Gasteiger partial charge in [0.1, 0.15) is 30.8 Å². The van der Waals surface area contributed by atoms with Crippen LogP contribution in [0.15, 0.2) is 17.5 Å². The van der Waals surface area contributed by atoms with E-state index in [1.54, 1.807) is 7.11 Å². The number of aliphatic carboxylic acids is 1. The molecule has 56 heavy (non-hydrogen) atoms. The topological polar surface area (TPSA) is 172 Å². The first kappa shape index (κ1) is 42.6. The molecule has 2 bridgehead atoms. The standard InChI is InChI=1S/C43H66N4O8S/c1-54-32-17-11-28(12-18-32)23-36-41(50)47-38(43(52)53)24-29-13-19-33(20-14-29)55-26-39(48)44-37(25-34-8-5-21-56-34)42(51)46-35(40(49)45-36)22-27-9-15-31(16-10-27)30-6-3-2-4-7-30/h5,8,21,27-33,35-38H,2-4,6-7,9-20,22-26H2,1H3,(H,44,48)(H,45,49)(H,46,51)(H,47,50)(H,52,53). The molecule has 0 radical (unpaired) electrons. The van der Waals surface area contributed by atoms with Gasteiger partial charge >= 0.3 is 5.97 Å². The second-order valence-corrected chi connectivity index (χ2v) is 18.7. The van der Waals surface area contributed by atoms with Crippen molar-refractivity contribution < 1.29 is 38.6 Å². The smallest absolute Gasteiger partial charge is 0.326 e. The Morgan fingerprint density at radius 2 is 1.32 bits per heavy atom. The lowest BCUT2D eigenvalue weighted by Gasteiger charge is -2.37. The van der Waals surface area contributed by atoms with Crippen molar-refractivity contribution >= 4 is 40.9 Å². The van der Waals surface area contributed by atoms with Crippen LogP contribution in [0, 0.1) is 29.6 Å². The highest BCUT2D eigenvalue weighted by molar-refractivity contribution is 7.09. The number of ether oxygens (including phenoxy) is 2. The Morgan fingerprint density at radius 1 is 0.732 bits per heavy atom. The van der Waals surface area contributed by atoms with Gasteiger partial charge in [0.15, 0.2) is 0 Å². The molecule has 4 amide bonds. The van der Waals surface area contributed by atoms with Gasteiger partial charge in [-0.25, -0.2) is 4.79 Å². The average molecular weight is 799 g/mol. The van der Waals surface area contributed by atoms with Gasteiger partial charge < -0.3 is 35.8 Å². The average Bonchev–Trinajstić information content (AvgIpc) is 3.73. The number of hydrogen-bond acceptors (Lipinski definition) is 8. The summed E-state index contributed by atoms with van der Waals surface area (Å²) in [6.07, 6.45) is 18.2. The first-order chi connectivity index (χ1) is 27.1. The summed E-state index contributed by atoms with van der Waals surface area (Å²) in [5.74, 6) is -0.992. The molecule has 4 saturated carbocycles. The predicted octanol–water partition coefficient (Wildman–Crippen LogP) is 5.67. The zero-order chi connectivity index (χ0) is 39.4. The summed E-state index contributed by atoms with van der Waals surface area (Å²) in [7, 11) is 1.71. The van der Waals surface area contributed by atoms with Gasteiger partial charge in [-0.15, -0.1) is 11.3 Å². The van der Waals surface area contributed by atoms with Gasteiger partial charge in [0.2, 0.25) is 23.6 Å². The molecule has 1 aromatic rings. The number of fused-ring (bicyclic) bond motifs is 16. The molecule has 2 aliphatic heterocycles. The summed E-state index contributed by atoms with van der Waals surface area (Å²) in [5.41, 5.74) is 0. The molecule has 13 heteroatoms. The number of carboxylic acid groups (broad SMARTS) is 1. The molecule has 6 aliphatic rings. The molecular weight excluding hydrogens is 733 g/mol. The maximum absolute atomic E-state index is 14.5. The minimum Gasteiger partial charge on any atom is -0.480 e. The Bertz CT molecular complexity index is 1430. The van der Waals surface area contributed by atoms with Crippen molar-refractivity contribution in [2.75, 3.05) is 13.7 Å². The number of hydrogen-bond donors (Lipinski definition) is 5. The summed E-state index contributed by atoms with van der Waals surface area (Å²) in [6, 6.07) is -0.102. The predicted molar refractivity (Wildman–Crippen MR) is 214 cm³/mol. The molecule has 4 atom stereocenters. The molecule has 4 aliphatic carbocycles. The number of nitrogens with one attached hydrogen (secondary N) is 4. The molecule has 4 unspecified atom stereocenters. The van der Waals surface area contributed by atoms with E-state index < -0.39 is 53.8 Å². The highest BCUT2D eigenvalue weighted by atomic mass is 32.1. The molecule has 0 spiro atoms. The third-order valence-electron chi connectivity index (χ3n) is 13.8. The van der Waals surface area contributed by atoms with Crippen LogP contribution in [-0.4, -0.2) is 84.8 Å². The molecule has 12 nitrogen and oxygen atoms in total. The highest BCUT2D eigenvalue weighted by Crippen LogP contribution is 2.41. The van der Waals surface area contributed by atoms with Crippen LogP contribution in [-0.2, 0) is 39.9 Å².